The van der Waals surface area contributed by atoms with Crippen molar-refractivity contribution in [2.24, 2.45) is 0 Å². The maximum absolute atomic E-state index is 12.8. The second kappa shape index (κ2) is 14.9. The van der Waals surface area contributed by atoms with Crippen LogP contribution < -0.4 is 24.2 Å². The van der Waals surface area contributed by atoms with Crippen molar-refractivity contribution in [3.8, 4) is 17.2 Å². The van der Waals surface area contributed by atoms with Crippen LogP contribution in [0.3, 0.4) is 0 Å². The highest BCUT2D eigenvalue weighted by Gasteiger charge is 2.15. The van der Waals surface area contributed by atoms with Gasteiger partial charge in [-0.05, 0) is 61.0 Å². The summed E-state index contributed by atoms with van der Waals surface area (Å²) in [6, 6.07) is 19.7. The van der Waals surface area contributed by atoms with Crippen molar-refractivity contribution in [1.29, 1.82) is 0 Å². The van der Waals surface area contributed by atoms with E-state index < -0.39 is 15.9 Å². The minimum Gasteiger partial charge on any atom is -0.497 e. The molecule has 0 heterocycles. The van der Waals surface area contributed by atoms with Crippen LogP contribution in [0, 0.1) is 0 Å². The number of methoxy groups -OCH3 is 1. The van der Waals surface area contributed by atoms with E-state index >= 15 is 0 Å². The van der Waals surface area contributed by atoms with Gasteiger partial charge in [-0.2, -0.15) is 0 Å². The number of benzene rings is 3. The summed E-state index contributed by atoms with van der Waals surface area (Å²) in [4.78, 5) is 12.5. The van der Waals surface area contributed by atoms with E-state index in [9.17, 15) is 13.2 Å². The summed E-state index contributed by atoms with van der Waals surface area (Å²) in [7, 11) is -2.32. The van der Waals surface area contributed by atoms with E-state index in [-0.39, 0.29) is 11.5 Å². The average molecular weight is 541 g/mol. The number of hydrogen-bond donors (Lipinski definition) is 2. The second-order valence-corrected chi connectivity index (χ2v) is 10.5. The maximum atomic E-state index is 12.8. The predicted octanol–water partition coefficient (Wildman–Crippen LogP) is 6.25. The molecule has 0 saturated carbocycles. The van der Waals surface area contributed by atoms with Gasteiger partial charge in [0, 0.05) is 17.4 Å². The molecule has 0 atom stereocenters. The standard InChI is InChI=1S/C29H36N2O6S/c1-3-4-5-6-7-8-19-36-26-12-10-13-27(21-26)37-22-29(32)30-24-11-9-14-28(20-24)38(33,34)31-23-15-17-25(35-2)18-16-23/h9-18,20-21,31H,3-8,19,22H2,1-2H3,(H,30,32). The molecule has 3 aromatic rings. The van der Waals surface area contributed by atoms with Gasteiger partial charge < -0.3 is 19.5 Å². The van der Waals surface area contributed by atoms with Gasteiger partial charge in [0.15, 0.2) is 6.61 Å². The molecule has 3 rings (SSSR count). The van der Waals surface area contributed by atoms with Crippen LogP contribution in [0.2, 0.25) is 0 Å². The number of amides is 1. The zero-order valence-corrected chi connectivity index (χ0v) is 22.8. The Labute approximate surface area is 225 Å². The molecule has 0 fully saturated rings. The van der Waals surface area contributed by atoms with Crippen molar-refractivity contribution in [1.82, 2.24) is 0 Å². The fourth-order valence-corrected chi connectivity index (χ4v) is 4.79. The Morgan fingerprint density at radius 2 is 1.45 bits per heavy atom. The molecule has 8 nitrogen and oxygen atoms in total. The third-order valence-corrected chi connectivity index (χ3v) is 7.09. The molecule has 0 aliphatic rings. The van der Waals surface area contributed by atoms with Gasteiger partial charge in [-0.3, -0.25) is 9.52 Å². The molecule has 204 valence electrons. The van der Waals surface area contributed by atoms with Gasteiger partial charge in [-0.15, -0.1) is 0 Å². The summed E-state index contributed by atoms with van der Waals surface area (Å²) in [5.74, 6) is 1.41. The number of rotatable bonds is 16. The first-order chi connectivity index (χ1) is 18.4. The number of anilines is 2. The Morgan fingerprint density at radius 1 is 0.763 bits per heavy atom. The lowest BCUT2D eigenvalue weighted by Crippen LogP contribution is -2.20. The molecule has 0 saturated heterocycles. The van der Waals surface area contributed by atoms with Crippen LogP contribution in [-0.2, 0) is 14.8 Å². The highest BCUT2D eigenvalue weighted by Crippen LogP contribution is 2.22. The van der Waals surface area contributed by atoms with Gasteiger partial charge in [-0.1, -0.05) is 51.2 Å². The van der Waals surface area contributed by atoms with E-state index in [2.05, 4.69) is 17.0 Å². The molecule has 9 heteroatoms. The fraction of sp³-hybridized carbons (Fsp3) is 0.345. The van der Waals surface area contributed by atoms with Crippen molar-refractivity contribution in [3.63, 3.8) is 0 Å². The number of unbranched alkanes of at least 4 members (excludes halogenated alkanes) is 5. The fourth-order valence-electron chi connectivity index (χ4n) is 3.69. The highest BCUT2D eigenvalue weighted by atomic mass is 32.2. The number of hydrogen-bond acceptors (Lipinski definition) is 6. The van der Waals surface area contributed by atoms with Gasteiger partial charge in [0.05, 0.1) is 18.6 Å². The van der Waals surface area contributed by atoms with Gasteiger partial charge in [0.2, 0.25) is 0 Å². The summed E-state index contributed by atoms with van der Waals surface area (Å²) in [5, 5.41) is 2.68. The number of nitrogens with one attached hydrogen (secondary N) is 2. The minimum absolute atomic E-state index is 0.0160. The van der Waals surface area contributed by atoms with E-state index in [1.165, 1.54) is 44.9 Å². The molecular formula is C29H36N2O6S. The third-order valence-electron chi connectivity index (χ3n) is 5.71. The topological polar surface area (TPSA) is 103 Å². The van der Waals surface area contributed by atoms with Crippen LogP contribution >= 0.6 is 0 Å². The maximum Gasteiger partial charge on any atom is 0.262 e. The average Bonchev–Trinajstić information content (AvgIpc) is 2.92. The van der Waals surface area contributed by atoms with Crippen LogP contribution in [0.4, 0.5) is 11.4 Å². The first-order valence-electron chi connectivity index (χ1n) is 12.8. The Balaban J connectivity index is 1.48. The molecule has 0 unspecified atom stereocenters. The molecule has 0 aromatic heterocycles. The van der Waals surface area contributed by atoms with Crippen molar-refractivity contribution in [2.45, 2.75) is 50.3 Å². The third kappa shape index (κ3) is 9.63. The highest BCUT2D eigenvalue weighted by molar-refractivity contribution is 7.92. The first-order valence-corrected chi connectivity index (χ1v) is 14.3. The summed E-state index contributed by atoms with van der Waals surface area (Å²) in [5.41, 5.74) is 0.735. The monoisotopic (exact) mass is 540 g/mol. The normalized spacial score (nSPS) is 11.0. The summed E-state index contributed by atoms with van der Waals surface area (Å²) in [6.07, 6.45) is 7.16. The minimum atomic E-state index is -3.85. The zero-order valence-electron chi connectivity index (χ0n) is 21.9. The Hall–Kier alpha value is -3.72. The van der Waals surface area contributed by atoms with Crippen molar-refractivity contribution in [3.05, 3.63) is 72.8 Å². The lowest BCUT2D eigenvalue weighted by molar-refractivity contribution is -0.118. The Bertz CT molecular complexity index is 1260. The molecule has 0 radical (unpaired) electrons. The lowest BCUT2D eigenvalue weighted by Gasteiger charge is -2.12. The van der Waals surface area contributed by atoms with Crippen LogP contribution in [0.5, 0.6) is 17.2 Å². The van der Waals surface area contributed by atoms with Crippen LogP contribution in [0.25, 0.3) is 0 Å². The Kier molecular flexibility index (Phi) is 11.3. The van der Waals surface area contributed by atoms with Crippen molar-refractivity contribution in [2.75, 3.05) is 30.4 Å². The number of sulfonamides is 1. The van der Waals surface area contributed by atoms with Crippen LogP contribution in [0.1, 0.15) is 45.4 Å². The molecule has 1 amide bonds. The number of ether oxygens (including phenoxy) is 3. The summed E-state index contributed by atoms with van der Waals surface area (Å²) >= 11 is 0. The van der Waals surface area contributed by atoms with Crippen LogP contribution in [-0.4, -0.2) is 34.6 Å². The van der Waals surface area contributed by atoms with E-state index in [1.807, 2.05) is 12.1 Å². The van der Waals surface area contributed by atoms with Crippen LogP contribution in [0.15, 0.2) is 77.7 Å². The van der Waals surface area contributed by atoms with E-state index in [4.69, 9.17) is 14.2 Å². The molecule has 0 aliphatic heterocycles. The number of carbonyl (C=O) groups excluding carboxylic acids is 1. The first kappa shape index (κ1) is 28.8. The quantitative estimate of drug-likeness (QED) is 0.208. The summed E-state index contributed by atoms with van der Waals surface area (Å²) in [6.45, 7) is 2.61. The van der Waals surface area contributed by atoms with Gasteiger partial charge in [0.1, 0.15) is 17.2 Å². The molecule has 0 bridgehead atoms. The molecule has 38 heavy (non-hydrogen) atoms. The second-order valence-electron chi connectivity index (χ2n) is 8.79. The molecule has 3 aromatic carbocycles. The van der Waals surface area contributed by atoms with E-state index in [0.29, 0.717) is 35.2 Å². The SMILES string of the molecule is CCCCCCCCOc1cccc(OCC(=O)Nc2cccc(S(=O)(=O)Nc3ccc(OC)cc3)c2)c1. The number of carbonyl (C=O) groups is 1. The van der Waals surface area contributed by atoms with Gasteiger partial charge in [0.25, 0.3) is 15.9 Å². The molecule has 2 N–H and O–H groups in total. The van der Waals surface area contributed by atoms with Crippen molar-refractivity contribution >= 4 is 27.3 Å². The summed E-state index contributed by atoms with van der Waals surface area (Å²) < 4.78 is 44.6. The molecule has 0 spiro atoms. The van der Waals surface area contributed by atoms with E-state index in [1.54, 1.807) is 48.5 Å². The predicted molar refractivity (Wildman–Crippen MR) is 150 cm³/mol. The zero-order chi connectivity index (χ0) is 27.2. The molecule has 0 aliphatic carbocycles. The Morgan fingerprint density at radius 3 is 2.18 bits per heavy atom. The van der Waals surface area contributed by atoms with Gasteiger partial charge >= 0.3 is 0 Å². The van der Waals surface area contributed by atoms with Gasteiger partial charge in [-0.25, -0.2) is 8.42 Å². The lowest BCUT2D eigenvalue weighted by atomic mass is 10.1. The smallest absolute Gasteiger partial charge is 0.262 e. The van der Waals surface area contributed by atoms with E-state index in [0.717, 1.165) is 12.8 Å². The largest absolute Gasteiger partial charge is 0.497 e. The van der Waals surface area contributed by atoms with Crippen molar-refractivity contribution < 1.29 is 27.4 Å². The molecular weight excluding hydrogens is 504 g/mol.